The lowest BCUT2D eigenvalue weighted by Gasteiger charge is -2.03. The number of carbonyl (C=O) groups is 1. The minimum Gasteiger partial charge on any atom is -0.382 e. The molecule has 1 aromatic heterocycles. The molecule has 0 aliphatic carbocycles. The van der Waals surface area contributed by atoms with E-state index in [1.807, 2.05) is 0 Å². The molecule has 16 heavy (non-hydrogen) atoms. The summed E-state index contributed by atoms with van der Waals surface area (Å²) in [6.07, 6.45) is 0.309. The van der Waals surface area contributed by atoms with E-state index in [2.05, 4.69) is 26.2 Å². The number of ketones is 1. The van der Waals surface area contributed by atoms with Crippen LogP contribution in [0.3, 0.4) is 0 Å². The van der Waals surface area contributed by atoms with Gasteiger partial charge in [0.2, 0.25) is 0 Å². The van der Waals surface area contributed by atoms with Crippen LogP contribution in [0.15, 0.2) is 4.60 Å². The van der Waals surface area contributed by atoms with Gasteiger partial charge in [0.05, 0.1) is 19.8 Å². The lowest BCUT2D eigenvalue weighted by Crippen LogP contribution is -2.11. The number of aryl methyl sites for hydroxylation is 1. The number of nitrogens with zero attached hydrogens (tertiary/aromatic N) is 3. The second-order valence-electron chi connectivity index (χ2n) is 3.13. The molecule has 1 heterocycles. The maximum Gasteiger partial charge on any atom is 0.186 e. The van der Waals surface area contributed by atoms with Gasteiger partial charge in [0.1, 0.15) is 5.69 Å². The zero-order valence-electron chi connectivity index (χ0n) is 9.27. The van der Waals surface area contributed by atoms with Crippen molar-refractivity contribution < 1.29 is 14.3 Å². The summed E-state index contributed by atoms with van der Waals surface area (Å²) in [6, 6.07) is 0. The molecule has 90 valence electrons. The SMILES string of the molecule is COCCOCCC(=O)c1c(Br)nnn1C. The van der Waals surface area contributed by atoms with E-state index in [0.717, 1.165) is 0 Å². The summed E-state index contributed by atoms with van der Waals surface area (Å²) in [6.45, 7) is 1.40. The fourth-order valence-electron chi connectivity index (χ4n) is 1.16. The van der Waals surface area contributed by atoms with Gasteiger partial charge in [0.15, 0.2) is 10.4 Å². The van der Waals surface area contributed by atoms with Gasteiger partial charge in [-0.3, -0.25) is 4.79 Å². The topological polar surface area (TPSA) is 66.2 Å². The Hall–Kier alpha value is -0.790. The molecule has 0 unspecified atom stereocenters. The van der Waals surface area contributed by atoms with E-state index >= 15 is 0 Å². The first-order valence-electron chi connectivity index (χ1n) is 4.82. The van der Waals surface area contributed by atoms with E-state index in [1.165, 1.54) is 4.68 Å². The second-order valence-corrected chi connectivity index (χ2v) is 3.88. The van der Waals surface area contributed by atoms with Crippen molar-refractivity contribution in [3.63, 3.8) is 0 Å². The molecule has 6 nitrogen and oxygen atoms in total. The Balaban J connectivity index is 2.36. The number of hydrogen-bond acceptors (Lipinski definition) is 5. The summed E-state index contributed by atoms with van der Waals surface area (Å²) in [7, 11) is 3.28. The highest BCUT2D eigenvalue weighted by Gasteiger charge is 2.16. The van der Waals surface area contributed by atoms with E-state index in [4.69, 9.17) is 9.47 Å². The van der Waals surface area contributed by atoms with Gasteiger partial charge in [-0.25, -0.2) is 4.68 Å². The highest BCUT2D eigenvalue weighted by Crippen LogP contribution is 2.13. The highest BCUT2D eigenvalue weighted by molar-refractivity contribution is 9.10. The monoisotopic (exact) mass is 291 g/mol. The van der Waals surface area contributed by atoms with Crippen LogP contribution < -0.4 is 0 Å². The molecule has 1 aromatic rings. The molecule has 0 saturated carbocycles. The van der Waals surface area contributed by atoms with Crippen LogP contribution in [-0.2, 0) is 16.5 Å². The van der Waals surface area contributed by atoms with Gasteiger partial charge < -0.3 is 9.47 Å². The largest absolute Gasteiger partial charge is 0.382 e. The molecule has 0 N–H and O–H groups in total. The molecule has 1 rings (SSSR count). The van der Waals surface area contributed by atoms with E-state index in [9.17, 15) is 4.79 Å². The number of rotatable bonds is 7. The predicted octanol–water partition coefficient (Wildman–Crippen LogP) is 0.813. The molecular weight excluding hydrogens is 278 g/mol. The molecule has 0 saturated heterocycles. The summed E-state index contributed by atoms with van der Waals surface area (Å²) >= 11 is 3.18. The number of ether oxygens (including phenoxy) is 2. The minimum absolute atomic E-state index is 0.0446. The first-order valence-corrected chi connectivity index (χ1v) is 5.61. The van der Waals surface area contributed by atoms with Crippen LogP contribution in [0.4, 0.5) is 0 Å². The Morgan fingerprint density at radius 2 is 2.19 bits per heavy atom. The number of Topliss-reactive ketones (excluding diaryl/α,β-unsaturated/α-hetero) is 1. The van der Waals surface area contributed by atoms with Gasteiger partial charge >= 0.3 is 0 Å². The Kier molecular flexibility index (Phi) is 5.58. The van der Waals surface area contributed by atoms with Crippen molar-refractivity contribution in [3.05, 3.63) is 10.3 Å². The zero-order valence-corrected chi connectivity index (χ0v) is 10.9. The van der Waals surface area contributed by atoms with Crippen molar-refractivity contribution in [2.24, 2.45) is 7.05 Å². The second kappa shape index (κ2) is 6.72. The molecule has 0 aliphatic rings. The van der Waals surface area contributed by atoms with Crippen LogP contribution >= 0.6 is 15.9 Å². The first kappa shape index (κ1) is 13.3. The third-order valence-electron chi connectivity index (χ3n) is 1.96. The molecule has 0 fully saturated rings. The van der Waals surface area contributed by atoms with Crippen molar-refractivity contribution >= 4 is 21.7 Å². The average molecular weight is 292 g/mol. The maximum absolute atomic E-state index is 11.7. The lowest BCUT2D eigenvalue weighted by atomic mass is 10.2. The number of aromatic nitrogens is 3. The highest BCUT2D eigenvalue weighted by atomic mass is 79.9. The van der Waals surface area contributed by atoms with Crippen LogP contribution in [0.2, 0.25) is 0 Å². The summed E-state index contributed by atoms with van der Waals surface area (Å²) in [5.41, 5.74) is 0.468. The molecule has 7 heteroatoms. The number of hydrogen-bond donors (Lipinski definition) is 0. The third-order valence-corrected chi connectivity index (χ3v) is 2.49. The number of methoxy groups -OCH3 is 1. The van der Waals surface area contributed by atoms with Gasteiger partial charge in [-0.15, -0.1) is 5.10 Å². The molecule has 0 bridgehead atoms. The van der Waals surface area contributed by atoms with Gasteiger partial charge in [-0.1, -0.05) is 5.21 Å². The Morgan fingerprint density at radius 3 is 2.75 bits per heavy atom. The van der Waals surface area contributed by atoms with E-state index in [1.54, 1.807) is 14.2 Å². The smallest absolute Gasteiger partial charge is 0.186 e. The summed E-state index contributed by atoms with van der Waals surface area (Å²) in [5.74, 6) is -0.0446. The molecule has 0 radical (unpaired) electrons. The lowest BCUT2D eigenvalue weighted by molar-refractivity contribution is 0.0638. The molecule has 0 atom stereocenters. The Morgan fingerprint density at radius 1 is 1.44 bits per heavy atom. The molecular formula is C9H14BrN3O3. The van der Waals surface area contributed by atoms with Crippen LogP contribution in [0.1, 0.15) is 16.9 Å². The summed E-state index contributed by atoms with van der Waals surface area (Å²) in [5, 5.41) is 7.48. The van der Waals surface area contributed by atoms with Gasteiger partial charge in [0.25, 0.3) is 0 Å². The van der Waals surface area contributed by atoms with Crippen LogP contribution in [0.25, 0.3) is 0 Å². The normalized spacial score (nSPS) is 10.7. The van der Waals surface area contributed by atoms with Crippen molar-refractivity contribution in [3.8, 4) is 0 Å². The average Bonchev–Trinajstić information content (AvgIpc) is 2.58. The predicted molar refractivity (Wildman–Crippen MR) is 60.3 cm³/mol. The summed E-state index contributed by atoms with van der Waals surface area (Å²) < 4.78 is 11.9. The van der Waals surface area contributed by atoms with Crippen molar-refractivity contribution in [1.29, 1.82) is 0 Å². The van der Waals surface area contributed by atoms with Crippen LogP contribution in [0.5, 0.6) is 0 Å². The third kappa shape index (κ3) is 3.66. The zero-order chi connectivity index (χ0) is 12.0. The van der Waals surface area contributed by atoms with Gasteiger partial charge in [-0.05, 0) is 15.9 Å². The van der Waals surface area contributed by atoms with E-state index in [-0.39, 0.29) is 5.78 Å². The quantitative estimate of drug-likeness (QED) is 0.549. The Labute approximate surface area is 102 Å². The molecule has 0 amide bonds. The Bertz CT molecular complexity index is 334. The van der Waals surface area contributed by atoms with Crippen molar-refractivity contribution in [2.45, 2.75) is 6.42 Å². The molecule has 0 aromatic carbocycles. The van der Waals surface area contributed by atoms with E-state index < -0.39 is 0 Å². The molecule has 0 spiro atoms. The fourth-order valence-corrected chi connectivity index (χ4v) is 1.70. The van der Waals surface area contributed by atoms with E-state index in [0.29, 0.717) is 36.5 Å². The summed E-state index contributed by atoms with van der Waals surface area (Å²) in [4.78, 5) is 11.7. The fraction of sp³-hybridized carbons (Fsp3) is 0.667. The maximum atomic E-state index is 11.7. The van der Waals surface area contributed by atoms with Gasteiger partial charge in [-0.2, -0.15) is 0 Å². The number of carbonyl (C=O) groups excluding carboxylic acids is 1. The van der Waals surface area contributed by atoms with Crippen molar-refractivity contribution in [1.82, 2.24) is 15.0 Å². The molecule has 0 aliphatic heterocycles. The minimum atomic E-state index is -0.0446. The van der Waals surface area contributed by atoms with Crippen LogP contribution in [0, 0.1) is 0 Å². The van der Waals surface area contributed by atoms with Gasteiger partial charge in [0, 0.05) is 20.6 Å². The number of halogens is 1. The first-order chi connectivity index (χ1) is 7.66. The standard InChI is InChI=1S/C9H14BrN3O3/c1-13-8(9(10)11-12-13)7(14)3-4-16-6-5-15-2/h3-6H2,1-2H3. The van der Waals surface area contributed by atoms with Crippen LogP contribution in [-0.4, -0.2) is 47.7 Å². The van der Waals surface area contributed by atoms with Crippen molar-refractivity contribution in [2.75, 3.05) is 26.9 Å².